The molecule has 4 aromatic rings. The first-order valence-electron chi connectivity index (χ1n) is 11.8. The first-order valence-corrected chi connectivity index (χ1v) is 11.8. The fourth-order valence-electron chi connectivity index (χ4n) is 5.01. The van der Waals surface area contributed by atoms with Gasteiger partial charge in [0.2, 0.25) is 5.82 Å². The molecule has 2 aliphatic rings. The molecule has 0 bridgehead atoms. The Morgan fingerprint density at radius 1 is 0.972 bits per heavy atom. The summed E-state index contributed by atoms with van der Waals surface area (Å²) in [5, 5.41) is 7.09. The van der Waals surface area contributed by atoms with Crippen molar-refractivity contribution in [3.63, 3.8) is 0 Å². The third-order valence-electron chi connectivity index (χ3n) is 6.77. The lowest BCUT2D eigenvalue weighted by atomic mass is 9.94. The molecule has 3 aromatic carbocycles. The molecule has 1 unspecified atom stereocenters. The maximum absolute atomic E-state index is 13.8. The van der Waals surface area contributed by atoms with Crippen molar-refractivity contribution in [2.24, 2.45) is 0 Å². The summed E-state index contributed by atoms with van der Waals surface area (Å²) in [6, 6.07) is 16.9. The van der Waals surface area contributed by atoms with E-state index in [-0.39, 0.29) is 23.6 Å². The molecule has 180 valence electrons. The molecule has 0 radical (unpaired) electrons. The lowest BCUT2D eigenvalue weighted by molar-refractivity contribution is 0.244. The van der Waals surface area contributed by atoms with E-state index in [0.717, 1.165) is 24.9 Å². The summed E-state index contributed by atoms with van der Waals surface area (Å²) in [7, 11) is 0. The van der Waals surface area contributed by atoms with Gasteiger partial charge in [-0.15, -0.1) is 0 Å². The fraction of sp³-hybridized carbons (Fsp3) is 0.179. The predicted octanol–water partition coefficient (Wildman–Crippen LogP) is 6.21. The molecule has 1 aromatic heterocycles. The highest BCUT2D eigenvalue weighted by molar-refractivity contribution is 6.01. The van der Waals surface area contributed by atoms with Crippen molar-refractivity contribution in [2.45, 2.75) is 32.2 Å². The highest BCUT2D eigenvalue weighted by Crippen LogP contribution is 2.40. The number of aryl methyl sites for hydroxylation is 2. The summed E-state index contributed by atoms with van der Waals surface area (Å²) in [5.74, 6) is -0.379. The van der Waals surface area contributed by atoms with Gasteiger partial charge in [0.25, 0.3) is 5.89 Å². The van der Waals surface area contributed by atoms with Crippen LogP contribution in [0.1, 0.15) is 42.0 Å². The normalized spacial score (nSPS) is 17.4. The molecule has 1 aliphatic carbocycles. The van der Waals surface area contributed by atoms with Crippen molar-refractivity contribution in [1.29, 1.82) is 0 Å². The van der Waals surface area contributed by atoms with Gasteiger partial charge in [0.15, 0.2) is 0 Å². The molecule has 1 atom stereocenters. The third-order valence-corrected chi connectivity index (χ3v) is 6.77. The number of amides is 2. The van der Waals surface area contributed by atoms with E-state index >= 15 is 0 Å². The Labute approximate surface area is 206 Å². The van der Waals surface area contributed by atoms with Gasteiger partial charge in [0.1, 0.15) is 11.6 Å². The van der Waals surface area contributed by atoms with E-state index in [4.69, 9.17) is 4.52 Å². The Kier molecular flexibility index (Phi) is 5.36. The molecule has 0 fully saturated rings. The molecular weight excluding hydrogens is 462 g/mol. The Morgan fingerprint density at radius 3 is 2.58 bits per heavy atom. The Balaban J connectivity index is 1.49. The summed E-state index contributed by atoms with van der Waals surface area (Å²) in [4.78, 5) is 19.5. The minimum atomic E-state index is -0.649. The summed E-state index contributed by atoms with van der Waals surface area (Å²) in [5.41, 5.74) is 5.61. The summed E-state index contributed by atoms with van der Waals surface area (Å²) in [6.07, 6.45) is 3.12. The number of fused-ring (bicyclic) bond motifs is 1. The van der Waals surface area contributed by atoms with Gasteiger partial charge in [-0.25, -0.2) is 13.6 Å². The second-order valence-electron chi connectivity index (χ2n) is 9.01. The highest BCUT2D eigenvalue weighted by atomic mass is 19.1. The number of benzene rings is 3. The second kappa shape index (κ2) is 8.71. The minimum absolute atomic E-state index is 0.187. The van der Waals surface area contributed by atoms with Crippen molar-refractivity contribution in [3.8, 4) is 11.4 Å². The van der Waals surface area contributed by atoms with Crippen molar-refractivity contribution >= 4 is 17.3 Å². The van der Waals surface area contributed by atoms with E-state index in [0.29, 0.717) is 22.4 Å². The van der Waals surface area contributed by atoms with Crippen molar-refractivity contribution in [2.75, 3.05) is 4.90 Å². The molecule has 0 saturated carbocycles. The zero-order chi connectivity index (χ0) is 24.8. The Morgan fingerprint density at radius 2 is 1.78 bits per heavy atom. The van der Waals surface area contributed by atoms with Crippen LogP contribution in [0.4, 0.5) is 19.3 Å². The molecule has 1 aliphatic heterocycles. The average molecular weight is 485 g/mol. The van der Waals surface area contributed by atoms with Gasteiger partial charge in [0.05, 0.1) is 17.3 Å². The molecule has 6 nitrogen and oxygen atoms in total. The number of anilines is 1. The van der Waals surface area contributed by atoms with E-state index in [1.54, 1.807) is 29.2 Å². The maximum atomic E-state index is 13.8. The number of nitrogens with zero attached hydrogens (tertiary/aromatic N) is 3. The highest BCUT2D eigenvalue weighted by Gasteiger charge is 2.36. The Bertz CT molecular complexity index is 1510. The van der Waals surface area contributed by atoms with Gasteiger partial charge in [-0.3, -0.25) is 4.90 Å². The first kappa shape index (κ1) is 22.2. The number of carbonyl (C=O) groups is 1. The van der Waals surface area contributed by atoms with Gasteiger partial charge in [-0.05, 0) is 79.3 Å². The van der Waals surface area contributed by atoms with Crippen molar-refractivity contribution in [1.82, 2.24) is 15.5 Å². The van der Waals surface area contributed by atoms with E-state index < -0.39 is 11.9 Å². The molecule has 6 rings (SSSR count). The third kappa shape index (κ3) is 3.84. The lowest BCUT2D eigenvalue weighted by Crippen LogP contribution is -2.46. The number of halogens is 2. The summed E-state index contributed by atoms with van der Waals surface area (Å²) < 4.78 is 33.1. The van der Waals surface area contributed by atoms with Gasteiger partial charge >= 0.3 is 6.03 Å². The van der Waals surface area contributed by atoms with Crippen LogP contribution in [-0.2, 0) is 12.8 Å². The van der Waals surface area contributed by atoms with Crippen LogP contribution in [0.5, 0.6) is 0 Å². The van der Waals surface area contributed by atoms with E-state index in [1.807, 2.05) is 19.1 Å². The van der Waals surface area contributed by atoms with Gasteiger partial charge in [-0.2, -0.15) is 4.98 Å². The number of hydrogen-bond acceptors (Lipinski definition) is 4. The molecule has 2 amide bonds. The number of hydrogen-bond donors (Lipinski definition) is 1. The van der Waals surface area contributed by atoms with Gasteiger partial charge in [0, 0.05) is 11.3 Å². The minimum Gasteiger partial charge on any atom is -0.334 e. The van der Waals surface area contributed by atoms with Crippen LogP contribution >= 0.6 is 0 Å². The number of allylic oxidation sites excluding steroid dienone is 1. The average Bonchev–Trinajstić information content (AvgIpc) is 3.54. The molecule has 1 N–H and O–H groups in total. The summed E-state index contributed by atoms with van der Waals surface area (Å²) in [6.45, 7) is 1.82. The topological polar surface area (TPSA) is 71.3 Å². The van der Waals surface area contributed by atoms with Gasteiger partial charge in [-0.1, -0.05) is 35.5 Å². The molecular formula is C28H22F2N4O2. The van der Waals surface area contributed by atoms with Crippen molar-refractivity contribution in [3.05, 3.63) is 107 Å². The molecule has 0 spiro atoms. The van der Waals surface area contributed by atoms with E-state index in [2.05, 4.69) is 21.5 Å². The lowest BCUT2D eigenvalue weighted by Gasteiger charge is -2.35. The first-order chi connectivity index (χ1) is 17.5. The zero-order valence-electron chi connectivity index (χ0n) is 19.5. The molecule has 36 heavy (non-hydrogen) atoms. The van der Waals surface area contributed by atoms with Gasteiger partial charge < -0.3 is 9.84 Å². The van der Waals surface area contributed by atoms with E-state index in [9.17, 15) is 13.6 Å². The standard InChI is InChI=1S/C28H22F2N4O2/c1-16-24(27-32-26(33-36-27)20-6-3-7-22(30)14-20)25(18-8-11-21(29)12-9-18)31-28(35)34(16)23-13-10-17-4-2-5-19(17)15-23/h3,6-15,25H,2,4-5H2,1H3,(H,31,35). The number of rotatable bonds is 4. The van der Waals surface area contributed by atoms with E-state index in [1.165, 1.54) is 35.4 Å². The monoisotopic (exact) mass is 484 g/mol. The molecule has 8 heteroatoms. The Hall–Kier alpha value is -4.33. The van der Waals surface area contributed by atoms with Crippen LogP contribution in [0.25, 0.3) is 17.0 Å². The predicted molar refractivity (Wildman–Crippen MR) is 131 cm³/mol. The number of nitrogens with one attached hydrogen (secondary N) is 1. The largest absolute Gasteiger partial charge is 0.334 e. The SMILES string of the molecule is CC1=C(c2nc(-c3cccc(F)c3)no2)C(c2ccc(F)cc2)NC(=O)N1c1ccc2c(c1)CCC2. The second-order valence-corrected chi connectivity index (χ2v) is 9.01. The quantitative estimate of drug-likeness (QED) is 0.374. The number of urea groups is 1. The number of aromatic nitrogens is 2. The van der Waals surface area contributed by atoms with Crippen LogP contribution in [0.2, 0.25) is 0 Å². The van der Waals surface area contributed by atoms with Crippen LogP contribution < -0.4 is 10.2 Å². The van der Waals surface area contributed by atoms with Crippen LogP contribution in [0, 0.1) is 11.6 Å². The van der Waals surface area contributed by atoms with Crippen LogP contribution in [0.15, 0.2) is 77.0 Å². The molecule has 0 saturated heterocycles. The van der Waals surface area contributed by atoms with Crippen LogP contribution in [-0.4, -0.2) is 16.2 Å². The smallest absolute Gasteiger partial charge is 0.326 e. The maximum Gasteiger partial charge on any atom is 0.326 e. The zero-order valence-corrected chi connectivity index (χ0v) is 19.5. The van der Waals surface area contributed by atoms with Crippen LogP contribution in [0.3, 0.4) is 0 Å². The van der Waals surface area contributed by atoms with Crippen molar-refractivity contribution < 1.29 is 18.1 Å². The number of carbonyl (C=O) groups excluding carboxylic acids is 1. The summed E-state index contributed by atoms with van der Waals surface area (Å²) >= 11 is 0. The fourth-order valence-corrected chi connectivity index (χ4v) is 5.01. The molecule has 2 heterocycles.